The summed E-state index contributed by atoms with van der Waals surface area (Å²) in [5.41, 5.74) is 0. The maximum absolute atomic E-state index is 5.91. The number of hydrogen-bond donors (Lipinski definition) is 0. The maximum Gasteiger partial charge on any atom is 0.127 e. The van der Waals surface area contributed by atoms with Crippen molar-refractivity contribution in [1.82, 2.24) is 0 Å². The highest BCUT2D eigenvalue weighted by atomic mass is 16.5. The third-order valence-electron chi connectivity index (χ3n) is 4.21. The van der Waals surface area contributed by atoms with Gasteiger partial charge in [0.2, 0.25) is 0 Å². The first kappa shape index (κ1) is 15.5. The second kappa shape index (κ2) is 7.27. The molecule has 0 N–H and O–H groups in total. The number of ether oxygens (including phenoxy) is 2. The molecule has 4 aromatic carbocycles. The van der Waals surface area contributed by atoms with Crippen LogP contribution in [0.2, 0.25) is 0 Å². The molecule has 4 aromatic rings. The molecule has 0 saturated carbocycles. The van der Waals surface area contributed by atoms with Crippen LogP contribution in [-0.4, -0.2) is 13.2 Å². The summed E-state index contributed by atoms with van der Waals surface area (Å²) < 4.78 is 11.8. The SMILES string of the molecule is [CH](COc1cccc2ccccc12)COc1cccc2ccccc12. The molecule has 0 amide bonds. The van der Waals surface area contributed by atoms with Crippen LogP contribution in [0.15, 0.2) is 84.9 Å². The Kier molecular flexibility index (Phi) is 4.51. The first-order chi connectivity index (χ1) is 12.4. The van der Waals surface area contributed by atoms with Crippen LogP contribution in [-0.2, 0) is 0 Å². The molecule has 2 heteroatoms. The molecule has 0 heterocycles. The van der Waals surface area contributed by atoms with E-state index in [1.54, 1.807) is 0 Å². The van der Waals surface area contributed by atoms with E-state index in [0.29, 0.717) is 13.2 Å². The summed E-state index contributed by atoms with van der Waals surface area (Å²) in [5.74, 6) is 1.80. The van der Waals surface area contributed by atoms with Crippen molar-refractivity contribution >= 4 is 21.5 Å². The van der Waals surface area contributed by atoms with Gasteiger partial charge in [0.15, 0.2) is 0 Å². The molecular formula is C23H19O2. The minimum absolute atomic E-state index is 0.513. The van der Waals surface area contributed by atoms with E-state index in [-0.39, 0.29) is 0 Å². The Labute approximate surface area is 147 Å². The average Bonchev–Trinajstić information content (AvgIpc) is 2.68. The van der Waals surface area contributed by atoms with Gasteiger partial charge in [0, 0.05) is 17.2 Å². The van der Waals surface area contributed by atoms with E-state index in [2.05, 4.69) is 36.4 Å². The number of hydrogen-bond acceptors (Lipinski definition) is 2. The molecule has 0 aliphatic heterocycles. The molecule has 0 aromatic heterocycles. The van der Waals surface area contributed by atoms with Crippen molar-refractivity contribution < 1.29 is 9.47 Å². The topological polar surface area (TPSA) is 18.5 Å². The fourth-order valence-electron chi connectivity index (χ4n) is 2.99. The third kappa shape index (κ3) is 3.43. The van der Waals surface area contributed by atoms with E-state index >= 15 is 0 Å². The standard InChI is InChI=1S/C23H19O2/c1-3-12-20-18(8-1)10-5-14-22(20)24-16-7-17-25-23-15-6-11-19-9-2-4-13-21(19)23/h1-15H,16-17H2. The minimum atomic E-state index is 0.513. The monoisotopic (exact) mass is 327 g/mol. The van der Waals surface area contributed by atoms with Crippen LogP contribution in [0, 0.1) is 6.42 Å². The van der Waals surface area contributed by atoms with E-state index in [9.17, 15) is 0 Å². The van der Waals surface area contributed by atoms with Gasteiger partial charge in [-0.3, -0.25) is 0 Å². The lowest BCUT2D eigenvalue weighted by molar-refractivity contribution is 0.300. The maximum atomic E-state index is 5.91. The lowest BCUT2D eigenvalue weighted by Crippen LogP contribution is -2.06. The Morgan fingerprint density at radius 1 is 0.520 bits per heavy atom. The molecule has 1 radical (unpaired) electrons. The summed E-state index contributed by atoms with van der Waals surface area (Å²) in [6.07, 6.45) is 2.00. The van der Waals surface area contributed by atoms with Gasteiger partial charge in [-0.05, 0) is 22.9 Å². The van der Waals surface area contributed by atoms with Crippen LogP contribution < -0.4 is 9.47 Å². The van der Waals surface area contributed by atoms with Gasteiger partial charge < -0.3 is 9.47 Å². The van der Waals surface area contributed by atoms with Gasteiger partial charge >= 0.3 is 0 Å². The van der Waals surface area contributed by atoms with E-state index in [4.69, 9.17) is 9.47 Å². The van der Waals surface area contributed by atoms with Gasteiger partial charge in [-0.1, -0.05) is 72.8 Å². The highest BCUT2D eigenvalue weighted by molar-refractivity contribution is 5.88. The fourth-order valence-corrected chi connectivity index (χ4v) is 2.99. The minimum Gasteiger partial charge on any atom is -0.493 e. The Hall–Kier alpha value is -3.00. The van der Waals surface area contributed by atoms with Crippen molar-refractivity contribution in [3.05, 3.63) is 91.3 Å². The van der Waals surface area contributed by atoms with Crippen molar-refractivity contribution in [3.8, 4) is 11.5 Å². The Bertz CT molecular complexity index is 899. The van der Waals surface area contributed by atoms with E-state index in [1.165, 1.54) is 10.8 Å². The van der Waals surface area contributed by atoms with Crippen LogP contribution in [0.5, 0.6) is 11.5 Å². The summed E-state index contributed by atoms with van der Waals surface area (Å²) in [7, 11) is 0. The van der Waals surface area contributed by atoms with Crippen LogP contribution in [0.3, 0.4) is 0 Å². The van der Waals surface area contributed by atoms with Crippen molar-refractivity contribution in [1.29, 1.82) is 0 Å². The lowest BCUT2D eigenvalue weighted by atomic mass is 10.1. The second-order valence-corrected chi connectivity index (χ2v) is 5.87. The molecule has 25 heavy (non-hydrogen) atoms. The molecule has 0 saturated heterocycles. The molecule has 0 bridgehead atoms. The third-order valence-corrected chi connectivity index (χ3v) is 4.21. The second-order valence-electron chi connectivity index (χ2n) is 5.87. The summed E-state index contributed by atoms with van der Waals surface area (Å²) in [6, 6.07) is 28.7. The number of rotatable bonds is 6. The molecule has 2 nitrogen and oxygen atoms in total. The van der Waals surface area contributed by atoms with Gasteiger partial charge in [-0.15, -0.1) is 0 Å². The average molecular weight is 327 g/mol. The quantitative estimate of drug-likeness (QED) is 0.426. The van der Waals surface area contributed by atoms with Gasteiger partial charge in [0.05, 0.1) is 13.2 Å². The number of benzene rings is 4. The normalized spacial score (nSPS) is 10.9. The predicted molar refractivity (Wildman–Crippen MR) is 103 cm³/mol. The zero-order valence-electron chi connectivity index (χ0n) is 13.9. The Balaban J connectivity index is 1.35. The van der Waals surface area contributed by atoms with Crippen LogP contribution in [0.1, 0.15) is 0 Å². The predicted octanol–water partition coefficient (Wildman–Crippen LogP) is 5.66. The lowest BCUT2D eigenvalue weighted by Gasteiger charge is -2.11. The van der Waals surface area contributed by atoms with E-state index in [0.717, 1.165) is 22.3 Å². The molecule has 0 aliphatic carbocycles. The first-order valence-electron chi connectivity index (χ1n) is 8.44. The van der Waals surface area contributed by atoms with Crippen molar-refractivity contribution in [2.45, 2.75) is 0 Å². The zero-order valence-corrected chi connectivity index (χ0v) is 13.9. The van der Waals surface area contributed by atoms with Gasteiger partial charge in [0.25, 0.3) is 0 Å². The Morgan fingerprint density at radius 2 is 0.960 bits per heavy atom. The zero-order chi connectivity index (χ0) is 16.9. The molecule has 4 rings (SSSR count). The highest BCUT2D eigenvalue weighted by Gasteiger charge is 2.03. The summed E-state index contributed by atoms with van der Waals surface area (Å²) in [4.78, 5) is 0. The van der Waals surface area contributed by atoms with Crippen molar-refractivity contribution in [3.63, 3.8) is 0 Å². The molecule has 123 valence electrons. The molecule has 0 aliphatic rings. The highest BCUT2D eigenvalue weighted by Crippen LogP contribution is 2.26. The smallest absolute Gasteiger partial charge is 0.127 e. The van der Waals surface area contributed by atoms with Crippen LogP contribution >= 0.6 is 0 Å². The Morgan fingerprint density at radius 3 is 1.48 bits per heavy atom. The summed E-state index contributed by atoms with van der Waals surface area (Å²) >= 11 is 0. The number of fused-ring (bicyclic) bond motifs is 2. The fraction of sp³-hybridized carbons (Fsp3) is 0.0870. The molecular weight excluding hydrogens is 308 g/mol. The van der Waals surface area contributed by atoms with Crippen molar-refractivity contribution in [2.24, 2.45) is 0 Å². The summed E-state index contributed by atoms with van der Waals surface area (Å²) in [5, 5.41) is 4.64. The molecule has 0 unspecified atom stereocenters. The van der Waals surface area contributed by atoms with Gasteiger partial charge in [0.1, 0.15) is 11.5 Å². The first-order valence-corrected chi connectivity index (χ1v) is 8.44. The van der Waals surface area contributed by atoms with Gasteiger partial charge in [-0.2, -0.15) is 0 Å². The molecule has 0 fully saturated rings. The largest absolute Gasteiger partial charge is 0.493 e. The van der Waals surface area contributed by atoms with Gasteiger partial charge in [-0.25, -0.2) is 0 Å². The van der Waals surface area contributed by atoms with Crippen molar-refractivity contribution in [2.75, 3.05) is 13.2 Å². The van der Waals surface area contributed by atoms with Crippen LogP contribution in [0.25, 0.3) is 21.5 Å². The van der Waals surface area contributed by atoms with Crippen LogP contribution in [0.4, 0.5) is 0 Å². The molecule has 0 spiro atoms. The molecule has 0 atom stereocenters. The van der Waals surface area contributed by atoms with E-state index in [1.807, 2.05) is 55.0 Å². The summed E-state index contributed by atoms with van der Waals surface area (Å²) in [6.45, 7) is 1.03. The van der Waals surface area contributed by atoms with E-state index < -0.39 is 0 Å².